The molecular formula is C21H21NO4. The number of likely N-dealkylation sites (tertiary alicyclic amines) is 1. The summed E-state index contributed by atoms with van der Waals surface area (Å²) in [5.41, 5.74) is 1.18. The quantitative estimate of drug-likeness (QED) is 0.859. The third kappa shape index (κ3) is 3.67. The Kier molecular flexibility index (Phi) is 5.16. The molecule has 0 bridgehead atoms. The maximum atomic E-state index is 13.1. The predicted molar refractivity (Wildman–Crippen MR) is 97.1 cm³/mol. The van der Waals surface area contributed by atoms with Crippen LogP contribution in [0, 0.1) is 11.8 Å². The van der Waals surface area contributed by atoms with Gasteiger partial charge in [-0.1, -0.05) is 55.5 Å². The molecule has 26 heavy (non-hydrogen) atoms. The Hall–Kier alpha value is -2.95. The molecule has 1 heterocycles. The van der Waals surface area contributed by atoms with Crippen molar-refractivity contribution < 1.29 is 19.5 Å². The van der Waals surface area contributed by atoms with Gasteiger partial charge in [-0.3, -0.25) is 14.4 Å². The molecule has 1 saturated heterocycles. The van der Waals surface area contributed by atoms with Gasteiger partial charge in [0.25, 0.3) is 5.91 Å². The average molecular weight is 351 g/mol. The zero-order chi connectivity index (χ0) is 18.7. The highest BCUT2D eigenvalue weighted by atomic mass is 16.4. The molecule has 1 N–H and O–H groups in total. The van der Waals surface area contributed by atoms with E-state index in [1.807, 2.05) is 13.0 Å². The average Bonchev–Trinajstić information content (AvgIpc) is 2.67. The molecular weight excluding hydrogens is 330 g/mol. The summed E-state index contributed by atoms with van der Waals surface area (Å²) in [7, 11) is 0. The van der Waals surface area contributed by atoms with Gasteiger partial charge in [-0.2, -0.15) is 0 Å². The number of carboxylic acids is 1. The van der Waals surface area contributed by atoms with Crippen LogP contribution in [0.15, 0.2) is 54.6 Å². The molecule has 0 radical (unpaired) electrons. The van der Waals surface area contributed by atoms with Gasteiger partial charge in [-0.15, -0.1) is 0 Å². The minimum atomic E-state index is -0.886. The molecule has 5 heteroatoms. The summed E-state index contributed by atoms with van der Waals surface area (Å²) in [6.07, 6.45) is 0.559. The summed E-state index contributed by atoms with van der Waals surface area (Å²) in [6.45, 7) is 2.61. The van der Waals surface area contributed by atoms with Gasteiger partial charge in [0.1, 0.15) is 0 Å². The number of hydrogen-bond donors (Lipinski definition) is 1. The Labute approximate surface area is 152 Å². The highest BCUT2D eigenvalue weighted by molar-refractivity contribution is 6.15. The monoisotopic (exact) mass is 351 g/mol. The van der Waals surface area contributed by atoms with E-state index in [9.17, 15) is 19.5 Å². The first kappa shape index (κ1) is 17.9. The Morgan fingerprint density at radius 1 is 0.923 bits per heavy atom. The van der Waals surface area contributed by atoms with E-state index in [2.05, 4.69) is 0 Å². The van der Waals surface area contributed by atoms with E-state index in [-0.39, 0.29) is 24.2 Å². The van der Waals surface area contributed by atoms with Crippen molar-refractivity contribution in [2.24, 2.45) is 11.8 Å². The molecule has 0 aliphatic carbocycles. The largest absolute Gasteiger partial charge is 0.481 e. The second-order valence-corrected chi connectivity index (χ2v) is 6.83. The van der Waals surface area contributed by atoms with Crippen LogP contribution in [0.1, 0.15) is 39.6 Å². The fourth-order valence-corrected chi connectivity index (χ4v) is 3.48. The first-order valence-corrected chi connectivity index (χ1v) is 8.68. The number of hydrogen-bond acceptors (Lipinski definition) is 3. The lowest BCUT2D eigenvalue weighted by atomic mass is 9.89. The van der Waals surface area contributed by atoms with E-state index in [4.69, 9.17) is 0 Å². The molecule has 1 aliphatic rings. The molecule has 1 aliphatic heterocycles. The number of carbonyl (C=O) groups is 3. The van der Waals surface area contributed by atoms with E-state index < -0.39 is 11.9 Å². The number of nitrogens with zero attached hydrogens (tertiary/aromatic N) is 1. The minimum Gasteiger partial charge on any atom is -0.481 e. The van der Waals surface area contributed by atoms with E-state index in [1.54, 1.807) is 53.4 Å². The zero-order valence-corrected chi connectivity index (χ0v) is 14.6. The van der Waals surface area contributed by atoms with Crippen LogP contribution in [-0.2, 0) is 4.79 Å². The molecule has 134 valence electrons. The standard InChI is InChI=1S/C21H21NO4/c1-14-11-16(21(25)26)13-22(12-14)20(24)18-10-6-5-9-17(18)19(23)15-7-3-2-4-8-15/h2-10,14,16H,11-13H2,1H3,(H,25,26). The summed E-state index contributed by atoms with van der Waals surface area (Å²) in [4.78, 5) is 38.8. The molecule has 1 fully saturated rings. The second kappa shape index (κ2) is 7.52. The first-order chi connectivity index (χ1) is 12.5. The highest BCUT2D eigenvalue weighted by Gasteiger charge is 2.33. The van der Waals surface area contributed by atoms with Crippen LogP contribution >= 0.6 is 0 Å². The number of amides is 1. The summed E-state index contributed by atoms with van der Waals surface area (Å²) in [5.74, 6) is -1.86. The molecule has 1 amide bonds. The molecule has 2 aromatic carbocycles. The SMILES string of the molecule is CC1CC(C(=O)O)CN(C(=O)c2ccccc2C(=O)c2ccccc2)C1. The Morgan fingerprint density at radius 3 is 2.19 bits per heavy atom. The lowest BCUT2D eigenvalue weighted by Crippen LogP contribution is -2.45. The Balaban J connectivity index is 1.91. The number of carboxylic acid groups (broad SMARTS) is 1. The van der Waals surface area contributed by atoms with Crippen molar-refractivity contribution in [3.05, 3.63) is 71.3 Å². The number of rotatable bonds is 4. The van der Waals surface area contributed by atoms with E-state index >= 15 is 0 Å². The molecule has 3 rings (SSSR count). The van der Waals surface area contributed by atoms with Gasteiger partial charge in [0.15, 0.2) is 5.78 Å². The lowest BCUT2D eigenvalue weighted by Gasteiger charge is -2.35. The van der Waals surface area contributed by atoms with Crippen molar-refractivity contribution in [1.82, 2.24) is 4.90 Å². The second-order valence-electron chi connectivity index (χ2n) is 6.83. The molecule has 2 unspecified atom stereocenters. The molecule has 2 atom stereocenters. The van der Waals surface area contributed by atoms with Gasteiger partial charge in [-0.25, -0.2) is 0 Å². The van der Waals surface area contributed by atoms with Crippen LogP contribution in [0.5, 0.6) is 0 Å². The molecule has 0 saturated carbocycles. The zero-order valence-electron chi connectivity index (χ0n) is 14.6. The molecule has 5 nitrogen and oxygen atoms in total. The summed E-state index contributed by atoms with van der Waals surface area (Å²) < 4.78 is 0. The topological polar surface area (TPSA) is 74.7 Å². The van der Waals surface area contributed by atoms with Crippen molar-refractivity contribution in [1.29, 1.82) is 0 Å². The number of piperidine rings is 1. The van der Waals surface area contributed by atoms with Crippen LogP contribution in [-0.4, -0.2) is 40.8 Å². The lowest BCUT2D eigenvalue weighted by molar-refractivity contribution is -0.143. The maximum Gasteiger partial charge on any atom is 0.308 e. The number of benzene rings is 2. The smallest absolute Gasteiger partial charge is 0.308 e. The number of aliphatic carboxylic acids is 1. The van der Waals surface area contributed by atoms with Crippen LogP contribution in [0.4, 0.5) is 0 Å². The summed E-state index contributed by atoms with van der Waals surface area (Å²) in [6, 6.07) is 15.5. The van der Waals surface area contributed by atoms with Crippen LogP contribution in [0.3, 0.4) is 0 Å². The van der Waals surface area contributed by atoms with Gasteiger partial charge in [0.2, 0.25) is 0 Å². The fraction of sp³-hybridized carbons (Fsp3) is 0.286. The fourth-order valence-electron chi connectivity index (χ4n) is 3.48. The number of carbonyl (C=O) groups excluding carboxylic acids is 2. The van der Waals surface area contributed by atoms with Crippen LogP contribution in [0.2, 0.25) is 0 Å². The normalized spacial score (nSPS) is 19.8. The highest BCUT2D eigenvalue weighted by Crippen LogP contribution is 2.25. The van der Waals surface area contributed by atoms with Gasteiger partial charge >= 0.3 is 5.97 Å². The third-order valence-electron chi connectivity index (χ3n) is 4.73. The maximum absolute atomic E-state index is 13.1. The Morgan fingerprint density at radius 2 is 1.54 bits per heavy atom. The van der Waals surface area contributed by atoms with Crippen molar-refractivity contribution in [2.45, 2.75) is 13.3 Å². The third-order valence-corrected chi connectivity index (χ3v) is 4.73. The van der Waals surface area contributed by atoms with E-state index in [0.717, 1.165) is 0 Å². The van der Waals surface area contributed by atoms with Crippen molar-refractivity contribution in [3.8, 4) is 0 Å². The number of ketones is 1. The molecule has 0 aromatic heterocycles. The Bertz CT molecular complexity index is 831. The van der Waals surface area contributed by atoms with Crippen LogP contribution in [0.25, 0.3) is 0 Å². The van der Waals surface area contributed by atoms with E-state index in [1.165, 1.54) is 0 Å². The predicted octanol–water partition coefficient (Wildman–Crippen LogP) is 3.10. The van der Waals surface area contributed by atoms with Crippen LogP contribution < -0.4 is 0 Å². The van der Waals surface area contributed by atoms with Gasteiger partial charge in [0, 0.05) is 24.2 Å². The van der Waals surface area contributed by atoms with E-state index in [0.29, 0.717) is 29.7 Å². The van der Waals surface area contributed by atoms with Gasteiger partial charge < -0.3 is 10.0 Å². The molecule has 0 spiro atoms. The first-order valence-electron chi connectivity index (χ1n) is 8.68. The molecule has 2 aromatic rings. The van der Waals surface area contributed by atoms with Gasteiger partial charge in [0.05, 0.1) is 11.5 Å². The summed E-state index contributed by atoms with van der Waals surface area (Å²) in [5, 5.41) is 9.33. The summed E-state index contributed by atoms with van der Waals surface area (Å²) >= 11 is 0. The van der Waals surface area contributed by atoms with Gasteiger partial charge in [-0.05, 0) is 18.4 Å². The minimum absolute atomic E-state index is 0.103. The van der Waals surface area contributed by atoms with Crippen molar-refractivity contribution in [3.63, 3.8) is 0 Å². The van der Waals surface area contributed by atoms with Crippen molar-refractivity contribution in [2.75, 3.05) is 13.1 Å². The van der Waals surface area contributed by atoms with Crippen molar-refractivity contribution >= 4 is 17.7 Å².